The Bertz CT molecular complexity index is 1500. The lowest BCUT2D eigenvalue weighted by molar-refractivity contribution is -0.944. The quantitative estimate of drug-likeness (QED) is 0.117. The van der Waals surface area contributed by atoms with Gasteiger partial charge >= 0.3 is 6.16 Å². The van der Waals surface area contributed by atoms with Crippen LogP contribution in [0.15, 0.2) is 64.8 Å². The van der Waals surface area contributed by atoms with E-state index in [-0.39, 0.29) is 11.7 Å². The fourth-order valence-electron chi connectivity index (χ4n) is 5.57. The number of benzene rings is 2. The van der Waals surface area contributed by atoms with Crippen LogP contribution < -0.4 is 15.2 Å². The van der Waals surface area contributed by atoms with E-state index in [1.165, 1.54) is 21.8 Å². The van der Waals surface area contributed by atoms with Gasteiger partial charge in [-0.25, -0.2) is 4.79 Å². The first kappa shape index (κ1) is 29.0. The molecule has 8 nitrogen and oxygen atoms in total. The zero-order valence-corrected chi connectivity index (χ0v) is 24.8. The summed E-state index contributed by atoms with van der Waals surface area (Å²) in [6.07, 6.45) is 2.70. The molecule has 2 aromatic carbocycles. The number of pyridine rings is 1. The second kappa shape index (κ2) is 13.4. The van der Waals surface area contributed by atoms with E-state index in [9.17, 15) is 9.59 Å². The van der Waals surface area contributed by atoms with Gasteiger partial charge in [-0.2, -0.15) is 0 Å². The topological polar surface area (TPSA) is 80.9 Å². The largest absolute Gasteiger partial charge is 0.512 e. The molecule has 0 spiro atoms. The van der Waals surface area contributed by atoms with Crippen LogP contribution in [-0.4, -0.2) is 67.8 Å². The van der Waals surface area contributed by atoms with Crippen molar-refractivity contribution >= 4 is 44.2 Å². The van der Waals surface area contributed by atoms with Crippen LogP contribution in [0.3, 0.4) is 0 Å². The van der Waals surface area contributed by atoms with Crippen LogP contribution in [0.5, 0.6) is 5.75 Å². The lowest BCUT2D eigenvalue weighted by Gasteiger charge is -2.44. The Morgan fingerprint density at radius 3 is 2.66 bits per heavy atom. The van der Waals surface area contributed by atoms with Crippen molar-refractivity contribution in [3.05, 3.63) is 70.3 Å². The maximum absolute atomic E-state index is 12.5. The summed E-state index contributed by atoms with van der Waals surface area (Å²) in [6.45, 7) is 9.38. The number of nitrogens with one attached hydrogen (secondary N) is 1. The van der Waals surface area contributed by atoms with E-state index in [1.54, 1.807) is 11.3 Å². The molecule has 218 valence electrons. The summed E-state index contributed by atoms with van der Waals surface area (Å²) in [5.74, 6) is 0.743. The first-order valence-corrected chi connectivity index (χ1v) is 15.5. The van der Waals surface area contributed by atoms with Crippen molar-refractivity contribution in [1.29, 1.82) is 0 Å². The smallest absolute Gasteiger partial charge is 0.494 e. The molecule has 1 fully saturated rings. The van der Waals surface area contributed by atoms with Gasteiger partial charge in [-0.1, -0.05) is 19.9 Å². The number of thiophene rings is 1. The summed E-state index contributed by atoms with van der Waals surface area (Å²) in [6, 6.07) is 17.8. The Hall–Kier alpha value is -3.56. The van der Waals surface area contributed by atoms with Gasteiger partial charge in [-0.15, -0.1) is 11.3 Å². The number of anilines is 1. The van der Waals surface area contributed by atoms with E-state index >= 15 is 0 Å². The van der Waals surface area contributed by atoms with E-state index in [2.05, 4.69) is 39.5 Å². The minimum Gasteiger partial charge on any atom is -0.494 e. The lowest BCUT2D eigenvalue weighted by atomic mass is 10.1. The number of hydrogen-bond donors (Lipinski definition) is 1. The van der Waals surface area contributed by atoms with E-state index in [0.29, 0.717) is 17.8 Å². The average Bonchev–Trinajstić information content (AvgIpc) is 3.48. The zero-order valence-electron chi connectivity index (χ0n) is 24.0. The molecule has 41 heavy (non-hydrogen) atoms. The number of carbonyl (C=O) groups excluding carboxylic acids is 1. The summed E-state index contributed by atoms with van der Waals surface area (Å²) in [7, 11) is 0. The van der Waals surface area contributed by atoms with Crippen LogP contribution in [0.1, 0.15) is 39.5 Å². The fourth-order valence-corrected chi connectivity index (χ4v) is 6.38. The Balaban J connectivity index is 1.18. The number of H-pyrrole nitrogens is 1. The van der Waals surface area contributed by atoms with Crippen molar-refractivity contribution in [2.45, 2.75) is 45.6 Å². The maximum atomic E-state index is 12.5. The number of aromatic nitrogens is 1. The highest BCUT2D eigenvalue weighted by molar-refractivity contribution is 7.17. The highest BCUT2D eigenvalue weighted by Crippen LogP contribution is 2.32. The first-order valence-electron chi connectivity index (χ1n) is 14.6. The number of piperazine rings is 1. The first-order chi connectivity index (χ1) is 20.0. The van der Waals surface area contributed by atoms with Crippen LogP contribution in [0, 0.1) is 0 Å². The Labute approximate surface area is 245 Å². The van der Waals surface area contributed by atoms with Gasteiger partial charge in [0.1, 0.15) is 11.9 Å². The summed E-state index contributed by atoms with van der Waals surface area (Å²) >= 11 is 1.77. The third kappa shape index (κ3) is 7.21. The summed E-state index contributed by atoms with van der Waals surface area (Å²) in [4.78, 5) is 29.5. The minimum atomic E-state index is -0.570. The van der Waals surface area contributed by atoms with Gasteiger partial charge in [0.15, 0.2) is 0 Å². The molecule has 0 unspecified atom stereocenters. The molecule has 0 radical (unpaired) electrons. The van der Waals surface area contributed by atoms with E-state index in [1.807, 2.05) is 38.1 Å². The summed E-state index contributed by atoms with van der Waals surface area (Å²) < 4.78 is 19.3. The number of carbonyl (C=O) groups is 1. The average molecular weight is 579 g/mol. The SMILES string of the molecule is CCC(CC)OC(=O)OC[N+]1(CCCCOc2ccc3ccc(=O)[nH]c3c2)CCN(c2cccc3sccc23)CC1. The molecular weight excluding hydrogens is 538 g/mol. The maximum Gasteiger partial charge on any atom is 0.512 e. The number of quaternary nitrogens is 1. The number of fused-ring (bicyclic) bond motifs is 2. The number of unbranched alkanes of at least 4 members (excludes halogenated alkanes) is 1. The summed E-state index contributed by atoms with van der Waals surface area (Å²) in [5, 5.41) is 4.43. The van der Waals surface area contributed by atoms with E-state index < -0.39 is 6.16 Å². The molecule has 0 amide bonds. The van der Waals surface area contributed by atoms with Crippen molar-refractivity contribution in [3.63, 3.8) is 0 Å². The molecule has 0 saturated carbocycles. The third-order valence-electron chi connectivity index (χ3n) is 8.12. The van der Waals surface area contributed by atoms with Crippen molar-refractivity contribution in [2.75, 3.05) is 51.0 Å². The minimum absolute atomic E-state index is 0.107. The number of nitrogens with zero attached hydrogens (tertiary/aromatic N) is 2. The molecule has 9 heteroatoms. The van der Waals surface area contributed by atoms with Gasteiger partial charge in [-0.05, 0) is 72.8 Å². The van der Waals surface area contributed by atoms with Crippen LogP contribution in [-0.2, 0) is 9.47 Å². The van der Waals surface area contributed by atoms with E-state index in [0.717, 1.165) is 75.1 Å². The van der Waals surface area contributed by atoms with Crippen molar-refractivity contribution in [3.8, 4) is 5.75 Å². The Morgan fingerprint density at radius 2 is 1.85 bits per heavy atom. The van der Waals surface area contributed by atoms with Gasteiger partial charge in [0.05, 0.1) is 44.8 Å². The van der Waals surface area contributed by atoms with Gasteiger partial charge in [0.25, 0.3) is 0 Å². The normalized spacial score (nSPS) is 15.0. The number of hydrogen-bond acceptors (Lipinski definition) is 7. The Kier molecular flexibility index (Phi) is 9.46. The molecule has 0 bridgehead atoms. The molecular formula is C32H40N3O5S+. The van der Waals surface area contributed by atoms with E-state index in [4.69, 9.17) is 14.2 Å². The van der Waals surface area contributed by atoms with Gasteiger partial charge < -0.3 is 24.1 Å². The Morgan fingerprint density at radius 1 is 1.05 bits per heavy atom. The fraction of sp³-hybridized carbons (Fsp3) is 0.438. The highest BCUT2D eigenvalue weighted by Gasteiger charge is 2.35. The molecule has 1 aliphatic rings. The predicted molar refractivity (Wildman–Crippen MR) is 165 cm³/mol. The molecule has 2 aromatic heterocycles. The number of ether oxygens (including phenoxy) is 3. The molecule has 4 aromatic rings. The second-order valence-electron chi connectivity index (χ2n) is 10.8. The molecule has 0 atom stereocenters. The van der Waals surface area contributed by atoms with Gasteiger partial charge in [0, 0.05) is 27.9 Å². The highest BCUT2D eigenvalue weighted by atomic mass is 32.1. The monoisotopic (exact) mass is 578 g/mol. The van der Waals surface area contributed by atoms with Crippen molar-refractivity contribution in [2.24, 2.45) is 0 Å². The second-order valence-corrected chi connectivity index (χ2v) is 11.8. The van der Waals surface area contributed by atoms with Crippen molar-refractivity contribution < 1.29 is 23.5 Å². The molecule has 3 heterocycles. The zero-order chi connectivity index (χ0) is 28.7. The molecule has 1 N–H and O–H groups in total. The van der Waals surface area contributed by atoms with Crippen molar-refractivity contribution in [1.82, 2.24) is 4.98 Å². The van der Waals surface area contributed by atoms with Gasteiger partial charge in [-0.3, -0.25) is 9.28 Å². The standard InChI is InChI=1S/C32H39N3O5S/c1-3-25(4-2)40-32(37)39-23-35(18-15-34(16-19-35)29-8-7-9-30-27(29)14-21-41-30)17-5-6-20-38-26-12-10-24-11-13-31(36)33-28(24)22-26/h7-14,21-22,25H,3-6,15-20,23H2,1-2H3/p+1. The molecule has 1 saturated heterocycles. The lowest BCUT2D eigenvalue weighted by Crippen LogP contribution is -2.61. The van der Waals surface area contributed by atoms with Crippen LogP contribution in [0.25, 0.3) is 21.0 Å². The summed E-state index contributed by atoms with van der Waals surface area (Å²) in [5.41, 5.74) is 1.93. The molecule has 5 rings (SSSR count). The molecule has 0 aliphatic carbocycles. The number of aromatic amines is 1. The van der Waals surface area contributed by atoms with Crippen LogP contribution in [0.2, 0.25) is 0 Å². The van der Waals surface area contributed by atoms with Crippen LogP contribution in [0.4, 0.5) is 10.5 Å². The third-order valence-corrected chi connectivity index (χ3v) is 9.01. The predicted octanol–water partition coefficient (Wildman–Crippen LogP) is 6.54. The van der Waals surface area contributed by atoms with Gasteiger partial charge in [0.2, 0.25) is 12.3 Å². The molecule has 1 aliphatic heterocycles. The number of rotatable bonds is 12. The van der Waals surface area contributed by atoms with Crippen LogP contribution >= 0.6 is 11.3 Å².